The minimum absolute atomic E-state index is 0.00549. The van der Waals surface area contributed by atoms with E-state index in [9.17, 15) is 0 Å². The molecule has 3 aliphatic rings. The first kappa shape index (κ1) is 27.1. The summed E-state index contributed by atoms with van der Waals surface area (Å²) in [5.74, 6) is -1.81. The molecule has 1 saturated carbocycles. The van der Waals surface area contributed by atoms with Gasteiger partial charge in [0.1, 0.15) is 5.82 Å². The number of alkyl halides is 2. The van der Waals surface area contributed by atoms with Gasteiger partial charge in [0.2, 0.25) is 0 Å². The van der Waals surface area contributed by atoms with Crippen molar-refractivity contribution in [1.29, 1.82) is 5.41 Å². The molecule has 1 spiro atoms. The molecule has 2 aromatic heterocycles. The Morgan fingerprint density at radius 1 is 1.00 bits per heavy atom. The van der Waals surface area contributed by atoms with Crippen LogP contribution in [0.2, 0.25) is 0 Å². The molecule has 44 heavy (non-hydrogen) atoms. The summed E-state index contributed by atoms with van der Waals surface area (Å²) < 4.78 is 32.1. The number of aliphatic imine (C=N–C) groups is 1. The Morgan fingerprint density at radius 2 is 1.73 bits per heavy atom. The number of rotatable bonds is 7. The highest BCUT2D eigenvalue weighted by atomic mass is 19.3. The molecule has 7 nitrogen and oxygen atoms in total. The van der Waals surface area contributed by atoms with Gasteiger partial charge in [0.25, 0.3) is 5.92 Å². The van der Waals surface area contributed by atoms with Gasteiger partial charge in [0, 0.05) is 29.4 Å². The fraction of sp³-hybridized carbons (Fsp3) is 0.314. The molecule has 0 radical (unpaired) electrons. The number of H-pyrrole nitrogens is 2. The molecule has 1 saturated heterocycles. The molecule has 222 valence electrons. The van der Waals surface area contributed by atoms with Crippen LogP contribution in [0.4, 0.5) is 8.78 Å². The lowest BCUT2D eigenvalue weighted by molar-refractivity contribution is 0.0481. The highest BCUT2D eigenvalue weighted by molar-refractivity contribution is 6.00. The molecule has 2 aliphatic carbocycles. The van der Waals surface area contributed by atoms with Crippen molar-refractivity contribution < 1.29 is 8.78 Å². The summed E-state index contributed by atoms with van der Waals surface area (Å²) in [6.45, 7) is 3.13. The lowest BCUT2D eigenvalue weighted by atomic mass is 9.98. The first-order valence-electron chi connectivity index (χ1n) is 15.4. The van der Waals surface area contributed by atoms with Gasteiger partial charge >= 0.3 is 0 Å². The van der Waals surface area contributed by atoms with E-state index in [0.717, 1.165) is 54.8 Å². The molecular formula is C35H33F2N7. The number of benzene rings is 3. The SMILES string of the molecule is CCCCC=NC(=N)c1nc2ccc(-c3ccc4c(c3)C(F)(F)c3cc(-c5cnc([C@@H]6CC7(CC7)CN6)[nH]5)ccc3-4)cc2[nH]1. The number of nitrogens with one attached hydrogen (secondary N) is 4. The van der Waals surface area contributed by atoms with E-state index in [-0.39, 0.29) is 23.0 Å². The molecule has 2 fully saturated rings. The van der Waals surface area contributed by atoms with E-state index >= 15 is 8.78 Å². The maximum Gasteiger partial charge on any atom is 0.299 e. The van der Waals surface area contributed by atoms with Crippen molar-refractivity contribution >= 4 is 23.1 Å². The van der Waals surface area contributed by atoms with Crippen molar-refractivity contribution in [3.8, 4) is 33.5 Å². The molecule has 3 heterocycles. The average molecular weight is 590 g/mol. The predicted octanol–water partition coefficient (Wildman–Crippen LogP) is 8.14. The molecule has 0 bridgehead atoms. The second-order valence-corrected chi connectivity index (χ2v) is 12.5. The fourth-order valence-corrected chi connectivity index (χ4v) is 6.71. The topological polar surface area (TPSA) is 106 Å². The summed E-state index contributed by atoms with van der Waals surface area (Å²) in [4.78, 5) is 19.9. The standard InChI is InChI=1S/C35H33F2N7/c1-2-3-4-13-39-31(38)33-42-27-10-7-21(16-28(27)43-33)20-5-8-23-24-9-6-22(15-26(24)35(36,37)25(23)14-20)30-18-40-32(44-30)29-17-34(11-12-34)19-41-29/h5-10,13-16,18,29,38,41H,2-4,11-12,17,19H2,1H3,(H,40,44)(H,42,43)/t29-/m0/s1. The Labute approximate surface area is 253 Å². The van der Waals surface area contributed by atoms with Gasteiger partial charge in [-0.25, -0.2) is 15.0 Å². The molecule has 5 aromatic rings. The molecule has 9 heteroatoms. The lowest BCUT2D eigenvalue weighted by Gasteiger charge is -2.14. The van der Waals surface area contributed by atoms with Crippen LogP contribution in [0.1, 0.15) is 74.3 Å². The van der Waals surface area contributed by atoms with E-state index in [4.69, 9.17) is 5.41 Å². The Bertz CT molecular complexity index is 1960. The number of aromatic amines is 2. The molecule has 0 amide bonds. The smallest absolute Gasteiger partial charge is 0.299 e. The summed E-state index contributed by atoms with van der Waals surface area (Å²) in [6.07, 6.45) is 10.0. The van der Waals surface area contributed by atoms with E-state index in [1.807, 2.05) is 30.3 Å². The zero-order chi connectivity index (χ0) is 30.1. The lowest BCUT2D eigenvalue weighted by Crippen LogP contribution is -2.15. The van der Waals surface area contributed by atoms with Crippen LogP contribution in [0.3, 0.4) is 0 Å². The van der Waals surface area contributed by atoms with Gasteiger partial charge in [-0.15, -0.1) is 0 Å². The third-order valence-corrected chi connectivity index (χ3v) is 9.51. The number of hydrogen-bond acceptors (Lipinski definition) is 4. The zero-order valence-corrected chi connectivity index (χ0v) is 24.5. The number of unbranched alkanes of at least 4 members (excludes halogenated alkanes) is 2. The number of amidine groups is 1. The van der Waals surface area contributed by atoms with Crippen LogP contribution in [0.25, 0.3) is 44.5 Å². The maximum absolute atomic E-state index is 16.1. The van der Waals surface area contributed by atoms with Gasteiger partial charge in [0.15, 0.2) is 11.7 Å². The van der Waals surface area contributed by atoms with Crippen LogP contribution in [-0.2, 0) is 5.92 Å². The quantitative estimate of drug-likeness (QED) is 0.0875. The summed E-state index contributed by atoms with van der Waals surface area (Å²) in [5, 5.41) is 11.8. The second-order valence-electron chi connectivity index (χ2n) is 12.5. The van der Waals surface area contributed by atoms with Crippen LogP contribution in [-0.4, -0.2) is 38.5 Å². The number of imidazole rings is 2. The number of aromatic nitrogens is 4. The number of fused-ring (bicyclic) bond motifs is 4. The van der Waals surface area contributed by atoms with Crippen LogP contribution >= 0.6 is 0 Å². The van der Waals surface area contributed by atoms with E-state index in [1.54, 1.807) is 36.7 Å². The van der Waals surface area contributed by atoms with Crippen LogP contribution in [0, 0.1) is 10.8 Å². The van der Waals surface area contributed by atoms with Crippen LogP contribution in [0.15, 0.2) is 65.8 Å². The van der Waals surface area contributed by atoms with Crippen molar-refractivity contribution in [1.82, 2.24) is 25.3 Å². The molecule has 8 rings (SSSR count). The summed E-state index contributed by atoms with van der Waals surface area (Å²) in [7, 11) is 0. The highest BCUT2D eigenvalue weighted by Gasteiger charge is 2.49. The average Bonchev–Trinajstić information content (AvgIpc) is 3.40. The third-order valence-electron chi connectivity index (χ3n) is 9.51. The molecule has 1 aliphatic heterocycles. The molecule has 0 unspecified atom stereocenters. The Morgan fingerprint density at radius 3 is 2.48 bits per heavy atom. The van der Waals surface area contributed by atoms with E-state index in [2.05, 4.69) is 37.2 Å². The predicted molar refractivity (Wildman–Crippen MR) is 169 cm³/mol. The minimum Gasteiger partial charge on any atom is -0.341 e. The molecule has 3 aromatic carbocycles. The van der Waals surface area contributed by atoms with Crippen LogP contribution < -0.4 is 5.32 Å². The van der Waals surface area contributed by atoms with E-state index in [1.165, 1.54) is 12.8 Å². The van der Waals surface area contributed by atoms with Crippen molar-refractivity contribution in [2.45, 2.75) is 57.4 Å². The molecule has 1 atom stereocenters. The highest BCUT2D eigenvalue weighted by Crippen LogP contribution is 2.55. The number of nitrogens with zero attached hydrogens (tertiary/aromatic N) is 3. The first-order chi connectivity index (χ1) is 21.3. The van der Waals surface area contributed by atoms with Gasteiger partial charge in [-0.1, -0.05) is 43.7 Å². The van der Waals surface area contributed by atoms with Gasteiger partial charge in [0.05, 0.1) is 29.0 Å². The van der Waals surface area contributed by atoms with Crippen molar-refractivity contribution in [2.75, 3.05) is 6.54 Å². The summed E-state index contributed by atoms with van der Waals surface area (Å²) in [6, 6.07) is 16.4. The van der Waals surface area contributed by atoms with Crippen molar-refractivity contribution in [2.24, 2.45) is 10.4 Å². The van der Waals surface area contributed by atoms with E-state index < -0.39 is 5.92 Å². The summed E-state index contributed by atoms with van der Waals surface area (Å²) in [5.41, 5.74) is 5.93. The zero-order valence-electron chi connectivity index (χ0n) is 24.5. The van der Waals surface area contributed by atoms with Gasteiger partial charge < -0.3 is 15.3 Å². The monoisotopic (exact) mass is 589 g/mol. The Balaban J connectivity index is 1.06. The minimum atomic E-state index is -3.14. The number of halogens is 2. The largest absolute Gasteiger partial charge is 0.341 e. The van der Waals surface area contributed by atoms with Crippen LogP contribution in [0.5, 0.6) is 0 Å². The fourth-order valence-electron chi connectivity index (χ4n) is 6.71. The first-order valence-corrected chi connectivity index (χ1v) is 15.4. The Kier molecular flexibility index (Phi) is 6.17. The van der Waals surface area contributed by atoms with Crippen molar-refractivity contribution in [3.63, 3.8) is 0 Å². The third kappa shape index (κ3) is 4.49. The van der Waals surface area contributed by atoms with Crippen molar-refractivity contribution in [3.05, 3.63) is 83.6 Å². The normalized spacial score (nSPS) is 19.2. The summed E-state index contributed by atoms with van der Waals surface area (Å²) >= 11 is 0. The molecule has 4 N–H and O–H groups in total. The molecular weight excluding hydrogens is 556 g/mol. The number of hydrogen-bond donors (Lipinski definition) is 4. The van der Waals surface area contributed by atoms with E-state index in [0.29, 0.717) is 39.0 Å². The maximum atomic E-state index is 16.1. The van der Waals surface area contributed by atoms with Gasteiger partial charge in [-0.2, -0.15) is 8.78 Å². The van der Waals surface area contributed by atoms with Gasteiger partial charge in [-0.3, -0.25) is 5.41 Å². The Hall–Kier alpha value is -4.50. The second kappa shape index (κ2) is 10.0. The van der Waals surface area contributed by atoms with Gasteiger partial charge in [-0.05, 0) is 84.0 Å².